The van der Waals surface area contributed by atoms with E-state index >= 15 is 0 Å². The quantitative estimate of drug-likeness (QED) is 0.875. The summed E-state index contributed by atoms with van der Waals surface area (Å²) in [6, 6.07) is 19.8. The Morgan fingerprint density at radius 1 is 1.05 bits per heavy atom. The van der Waals surface area contributed by atoms with E-state index in [0.717, 1.165) is 0 Å². The van der Waals surface area contributed by atoms with Gasteiger partial charge >= 0.3 is 0 Å². The third-order valence-corrected chi connectivity index (χ3v) is 4.77. The Morgan fingerprint density at radius 2 is 1.74 bits per heavy atom. The SMILES string of the molecule is CNC(c1ccccc1Br)C1CC1c1ccccc1. The molecule has 3 unspecified atom stereocenters. The molecule has 1 nitrogen and oxygen atoms in total. The summed E-state index contributed by atoms with van der Waals surface area (Å²) in [6.07, 6.45) is 1.27. The molecule has 2 aromatic carbocycles. The molecule has 19 heavy (non-hydrogen) atoms. The van der Waals surface area contributed by atoms with Crippen LogP contribution in [0.15, 0.2) is 59.1 Å². The van der Waals surface area contributed by atoms with Gasteiger partial charge in [-0.25, -0.2) is 0 Å². The predicted molar refractivity (Wildman–Crippen MR) is 83.2 cm³/mol. The van der Waals surface area contributed by atoms with Crippen molar-refractivity contribution in [3.05, 3.63) is 70.2 Å². The molecule has 0 spiro atoms. The van der Waals surface area contributed by atoms with Gasteiger partial charge in [0.2, 0.25) is 0 Å². The van der Waals surface area contributed by atoms with Crippen LogP contribution in [0.25, 0.3) is 0 Å². The van der Waals surface area contributed by atoms with Crippen molar-refractivity contribution in [2.24, 2.45) is 5.92 Å². The molecule has 0 bridgehead atoms. The Balaban J connectivity index is 1.81. The Kier molecular flexibility index (Phi) is 3.72. The number of nitrogens with one attached hydrogen (secondary N) is 1. The molecule has 3 atom stereocenters. The molecule has 98 valence electrons. The molecule has 2 heteroatoms. The second-order valence-corrected chi connectivity index (χ2v) is 6.06. The summed E-state index contributed by atoms with van der Waals surface area (Å²) in [7, 11) is 2.06. The van der Waals surface area contributed by atoms with Gasteiger partial charge in [0.15, 0.2) is 0 Å². The minimum absolute atomic E-state index is 0.431. The van der Waals surface area contributed by atoms with Crippen molar-refractivity contribution < 1.29 is 0 Å². The lowest BCUT2D eigenvalue weighted by Gasteiger charge is -2.18. The van der Waals surface area contributed by atoms with Crippen LogP contribution in [0.1, 0.15) is 29.5 Å². The van der Waals surface area contributed by atoms with Gasteiger partial charge in [0.05, 0.1) is 0 Å². The first-order valence-electron chi connectivity index (χ1n) is 6.78. The van der Waals surface area contributed by atoms with E-state index in [0.29, 0.717) is 17.9 Å². The number of benzene rings is 2. The predicted octanol–water partition coefficient (Wildman–Crippen LogP) is 4.51. The molecule has 0 saturated heterocycles. The van der Waals surface area contributed by atoms with Gasteiger partial charge in [-0.05, 0) is 42.5 Å². The van der Waals surface area contributed by atoms with Crippen molar-refractivity contribution in [2.45, 2.75) is 18.4 Å². The molecule has 1 aliphatic carbocycles. The molecule has 0 aliphatic heterocycles. The van der Waals surface area contributed by atoms with Gasteiger partial charge in [0, 0.05) is 10.5 Å². The third-order valence-electron chi connectivity index (χ3n) is 4.05. The van der Waals surface area contributed by atoms with E-state index in [4.69, 9.17) is 0 Å². The standard InChI is InChI=1S/C17H18BrN/c1-19-17(13-9-5-6-10-16(13)18)15-11-14(15)12-7-3-2-4-8-12/h2-10,14-15,17,19H,11H2,1H3. The highest BCUT2D eigenvalue weighted by atomic mass is 79.9. The average molecular weight is 316 g/mol. The van der Waals surface area contributed by atoms with Crippen LogP contribution >= 0.6 is 15.9 Å². The zero-order valence-corrected chi connectivity index (χ0v) is 12.6. The summed E-state index contributed by atoms with van der Waals surface area (Å²) in [5.41, 5.74) is 2.84. The van der Waals surface area contributed by atoms with Crippen molar-refractivity contribution in [1.82, 2.24) is 5.32 Å². The normalized spacial score (nSPS) is 23.1. The van der Waals surface area contributed by atoms with E-state index < -0.39 is 0 Å². The maximum Gasteiger partial charge on any atom is 0.0363 e. The van der Waals surface area contributed by atoms with Gasteiger partial charge in [-0.2, -0.15) is 0 Å². The van der Waals surface area contributed by atoms with Crippen molar-refractivity contribution in [3.63, 3.8) is 0 Å². The molecule has 3 rings (SSSR count). The summed E-state index contributed by atoms with van der Waals surface area (Å²) < 4.78 is 1.20. The summed E-state index contributed by atoms with van der Waals surface area (Å²) in [6.45, 7) is 0. The first kappa shape index (κ1) is 12.9. The van der Waals surface area contributed by atoms with E-state index in [9.17, 15) is 0 Å². The van der Waals surface area contributed by atoms with Crippen LogP contribution < -0.4 is 5.32 Å². The first-order chi connectivity index (χ1) is 9.31. The second-order valence-electron chi connectivity index (χ2n) is 5.20. The fraction of sp³-hybridized carbons (Fsp3) is 0.294. The Bertz CT molecular complexity index is 552. The third kappa shape index (κ3) is 2.60. The summed E-state index contributed by atoms with van der Waals surface area (Å²) >= 11 is 3.67. The highest BCUT2D eigenvalue weighted by molar-refractivity contribution is 9.10. The maximum absolute atomic E-state index is 3.67. The highest BCUT2D eigenvalue weighted by Gasteiger charge is 2.44. The number of hydrogen-bond donors (Lipinski definition) is 1. The molecule has 1 aliphatic rings. The molecular formula is C17H18BrN. The van der Waals surface area contributed by atoms with E-state index in [2.05, 4.69) is 82.9 Å². The van der Waals surface area contributed by atoms with E-state index in [1.54, 1.807) is 0 Å². The van der Waals surface area contributed by atoms with Crippen molar-refractivity contribution in [1.29, 1.82) is 0 Å². The summed E-state index contributed by atoms with van der Waals surface area (Å²) in [5, 5.41) is 3.49. The summed E-state index contributed by atoms with van der Waals surface area (Å²) in [5.74, 6) is 1.40. The lowest BCUT2D eigenvalue weighted by molar-refractivity contribution is 0.516. The lowest BCUT2D eigenvalue weighted by atomic mass is 9.99. The highest BCUT2D eigenvalue weighted by Crippen LogP contribution is 2.54. The van der Waals surface area contributed by atoms with Crippen LogP contribution in [0.5, 0.6) is 0 Å². The van der Waals surface area contributed by atoms with Gasteiger partial charge in [0.1, 0.15) is 0 Å². The molecule has 0 radical (unpaired) electrons. The van der Waals surface area contributed by atoms with Gasteiger partial charge in [-0.3, -0.25) is 0 Å². The van der Waals surface area contributed by atoms with Crippen LogP contribution in [0.4, 0.5) is 0 Å². The molecule has 0 amide bonds. The largest absolute Gasteiger partial charge is 0.313 e. The molecule has 0 heterocycles. The first-order valence-corrected chi connectivity index (χ1v) is 7.57. The Hall–Kier alpha value is -1.12. The van der Waals surface area contributed by atoms with E-state index in [1.165, 1.54) is 22.0 Å². The number of rotatable bonds is 4. The molecular weight excluding hydrogens is 298 g/mol. The second kappa shape index (κ2) is 5.48. The maximum atomic E-state index is 3.67. The smallest absolute Gasteiger partial charge is 0.0363 e. The molecule has 1 N–H and O–H groups in total. The van der Waals surface area contributed by atoms with Gasteiger partial charge in [-0.15, -0.1) is 0 Å². The van der Waals surface area contributed by atoms with E-state index in [-0.39, 0.29) is 0 Å². The summed E-state index contributed by atoms with van der Waals surface area (Å²) in [4.78, 5) is 0. The van der Waals surface area contributed by atoms with Crippen LogP contribution in [0, 0.1) is 5.92 Å². The van der Waals surface area contributed by atoms with Crippen LogP contribution in [-0.4, -0.2) is 7.05 Å². The lowest BCUT2D eigenvalue weighted by Crippen LogP contribution is -2.19. The van der Waals surface area contributed by atoms with E-state index in [1.807, 2.05) is 0 Å². The Morgan fingerprint density at radius 3 is 2.42 bits per heavy atom. The minimum Gasteiger partial charge on any atom is -0.313 e. The topological polar surface area (TPSA) is 12.0 Å². The Labute approximate surface area is 123 Å². The van der Waals surface area contributed by atoms with Crippen molar-refractivity contribution in [2.75, 3.05) is 7.05 Å². The minimum atomic E-state index is 0.431. The van der Waals surface area contributed by atoms with Crippen LogP contribution in [-0.2, 0) is 0 Å². The van der Waals surface area contributed by atoms with Crippen molar-refractivity contribution in [3.8, 4) is 0 Å². The molecule has 1 fully saturated rings. The molecule has 1 saturated carbocycles. The van der Waals surface area contributed by atoms with Gasteiger partial charge in [-0.1, -0.05) is 64.5 Å². The fourth-order valence-electron chi connectivity index (χ4n) is 2.99. The molecule has 2 aromatic rings. The number of halogens is 1. The monoisotopic (exact) mass is 315 g/mol. The van der Waals surface area contributed by atoms with Crippen LogP contribution in [0.2, 0.25) is 0 Å². The van der Waals surface area contributed by atoms with Gasteiger partial charge in [0.25, 0.3) is 0 Å². The van der Waals surface area contributed by atoms with Crippen molar-refractivity contribution >= 4 is 15.9 Å². The fourth-order valence-corrected chi connectivity index (χ4v) is 3.53. The average Bonchev–Trinajstić information content (AvgIpc) is 3.23. The molecule has 0 aromatic heterocycles. The number of hydrogen-bond acceptors (Lipinski definition) is 1. The zero-order chi connectivity index (χ0) is 13.2. The van der Waals surface area contributed by atoms with Gasteiger partial charge < -0.3 is 5.32 Å². The van der Waals surface area contributed by atoms with Crippen LogP contribution in [0.3, 0.4) is 0 Å². The zero-order valence-electron chi connectivity index (χ0n) is 11.0.